The van der Waals surface area contributed by atoms with Gasteiger partial charge in [0.05, 0.1) is 34.6 Å². The van der Waals surface area contributed by atoms with E-state index in [9.17, 15) is 141 Å². The Balaban J connectivity index is 0.000000188. The number of para-hydroxylation sites is 2. The predicted molar refractivity (Wildman–Crippen MR) is 522 cm³/mol. The number of fused-ring (bicyclic) bond motifs is 4. The van der Waals surface area contributed by atoms with Crippen molar-refractivity contribution >= 4 is 152 Å². The normalized spacial score (nSPS) is 18.7. The Hall–Kier alpha value is -14.7. The number of aliphatic hydroxyl groups is 2. The molecule has 4 saturated heterocycles. The second kappa shape index (κ2) is 50.6. The van der Waals surface area contributed by atoms with Crippen molar-refractivity contribution in [3.63, 3.8) is 0 Å². The Kier molecular flexibility index (Phi) is 38.9. The number of carboxylic acids is 2. The van der Waals surface area contributed by atoms with Crippen molar-refractivity contribution in [2.75, 3.05) is 91.8 Å². The van der Waals surface area contributed by atoms with Crippen molar-refractivity contribution in [3.8, 4) is 28.7 Å². The third-order valence-corrected chi connectivity index (χ3v) is 26.8. The van der Waals surface area contributed by atoms with Crippen LogP contribution >= 0.6 is 11.6 Å². The Morgan fingerprint density at radius 3 is 1.18 bits per heavy atom. The number of amides is 16. The third kappa shape index (κ3) is 26.8. The number of nitrogens with zero attached hydrogens (tertiary/aromatic N) is 10. The number of nitrogens with one attached hydrogen (secondary N) is 4. The number of rotatable bonds is 31. The summed E-state index contributed by atoms with van der Waals surface area (Å²) in [4.78, 5) is 255. The summed E-state index contributed by atoms with van der Waals surface area (Å²) < 4.78 is 34.8. The summed E-state index contributed by atoms with van der Waals surface area (Å²) in [5.41, 5.74) is 5.74. The molecule has 0 radical (unpaired) electrons. The number of aromatic carboxylic acids is 2. The number of urea groups is 4. The molecule has 8 aliphatic heterocycles. The molecule has 5 unspecified atom stereocenters. The van der Waals surface area contributed by atoms with Gasteiger partial charge < -0.3 is 105 Å². The first-order chi connectivity index (χ1) is 70.2. The Morgan fingerprint density at radius 2 is 0.804 bits per heavy atom. The van der Waals surface area contributed by atoms with E-state index in [2.05, 4.69) is 31.2 Å². The molecule has 0 bridgehead atoms. The number of hydrogen-bond acceptors (Lipinski definition) is 32. The number of carbonyl (C=O) groups excluding carboxylic acids is 17. The van der Waals surface area contributed by atoms with E-state index in [1.165, 1.54) is 40.7 Å². The fraction of sp³-hybridized carbons (Fsp3) is 0.448. The molecule has 0 spiro atoms. The fourth-order valence-corrected chi connectivity index (χ4v) is 18.4. The van der Waals surface area contributed by atoms with Crippen LogP contribution in [-0.2, 0) is 83.2 Å². The van der Waals surface area contributed by atoms with E-state index in [0.717, 1.165) is 42.5 Å². The molecule has 52 heteroatoms. The smallest absolute Gasteiger partial charge is 0.526 e. The number of likely N-dealkylation sites (N-methyl/N-ethyl adjacent to an activating group) is 3. The summed E-state index contributed by atoms with van der Waals surface area (Å²) in [6.45, 7) is 14.6. The number of halogens is 2. The van der Waals surface area contributed by atoms with Gasteiger partial charge in [-0.25, -0.2) is 33.2 Å². The van der Waals surface area contributed by atoms with Gasteiger partial charge in [-0.1, -0.05) is 60.7 Å². The van der Waals surface area contributed by atoms with Gasteiger partial charge in [-0.15, -0.1) is 11.6 Å². The Morgan fingerprint density at radius 1 is 0.446 bits per heavy atom. The van der Waals surface area contributed by atoms with Gasteiger partial charge in [0.15, 0.2) is 28.9 Å². The van der Waals surface area contributed by atoms with Crippen molar-refractivity contribution < 1.29 is 160 Å². The highest BCUT2D eigenvalue weighted by Gasteiger charge is 2.49. The van der Waals surface area contributed by atoms with Crippen LogP contribution in [0.25, 0.3) is 0 Å². The zero-order chi connectivity index (χ0) is 108. The maximum Gasteiger partial charge on any atom is 0.526 e. The summed E-state index contributed by atoms with van der Waals surface area (Å²) in [7, 11) is -5.59. The number of carboxylic acid groups (broad SMARTS) is 2. The monoisotopic (exact) mass is 2070 g/mol. The van der Waals surface area contributed by atoms with Crippen LogP contribution in [0.1, 0.15) is 172 Å². The van der Waals surface area contributed by atoms with Gasteiger partial charge >= 0.3 is 112 Å². The molecule has 148 heavy (non-hydrogen) atoms. The summed E-state index contributed by atoms with van der Waals surface area (Å²) in [5.74, 6) is -14.4. The minimum atomic E-state index is -1.52. The van der Waals surface area contributed by atoms with Gasteiger partial charge in [-0.2, -0.15) is 0 Å². The van der Waals surface area contributed by atoms with E-state index in [-0.39, 0.29) is 169 Å². The fourth-order valence-electron chi connectivity index (χ4n) is 18.1. The second-order valence-corrected chi connectivity index (χ2v) is 37.1. The minimum absolute atomic E-state index is 0.0224. The van der Waals surface area contributed by atoms with Crippen LogP contribution in [0.3, 0.4) is 0 Å². The minimum Gasteiger partial charge on any atom is -0.536 e. The van der Waals surface area contributed by atoms with E-state index in [4.69, 9.17) is 30.2 Å². The lowest BCUT2D eigenvalue weighted by Crippen LogP contribution is -2.61. The number of imide groups is 4. The summed E-state index contributed by atoms with van der Waals surface area (Å²) in [6, 6.07) is 14.1. The first kappa shape index (κ1) is 114. The molecule has 786 valence electrons. The topological polar surface area (TPSA) is 643 Å². The lowest BCUT2D eigenvalue weighted by Gasteiger charge is -2.34. The van der Waals surface area contributed by atoms with Gasteiger partial charge in [0.25, 0.3) is 0 Å². The van der Waals surface area contributed by atoms with Crippen LogP contribution in [0.5, 0.6) is 28.7 Å². The lowest BCUT2D eigenvalue weighted by molar-refractivity contribution is -0.153. The molecule has 10 heterocycles. The van der Waals surface area contributed by atoms with E-state index in [1.807, 2.05) is 32.0 Å². The number of aliphatic hydroxyl groups excluding tert-OH is 2. The average molecular weight is 2070 g/mol. The SMILES string of the molecule is CCN1CCN(C(=O)NC(C(=O)C[C@H]2Cc3ccc(C)c(C(=O)O)c3OB2O)c2ccc(O)cn2)C(=O)C1=O.CCN1CCN(C(=O)NC(C(=O)C[C@H]2Cc3cccc(C(C)=O)c3OB2O)C(Cl)CCCO)C(=O)C1=O.CCN1CCN(C(=O)NC(C(=O)C[C@H]2Cc3cccc(C)c3OB2O)c2ccc(C)cn2)C(=O)C1=O.Cc1ccc2c(c1C(=O)O)OB(O)[C@@H](CC(=O)C(NC(=O)N1CCN(CCF)C(=O)C1=O)[C@@H](C)O)C2. The molecule has 46 nitrogen and oxygen atoms in total. The molecule has 0 aliphatic carbocycles. The summed E-state index contributed by atoms with van der Waals surface area (Å²) in [6.07, 6.45) is 1.70. The van der Waals surface area contributed by atoms with Gasteiger partial charge in [0, 0.05) is 140 Å². The van der Waals surface area contributed by atoms with Gasteiger partial charge in [-0.3, -0.25) is 91.9 Å². The number of carbonyl (C=O) groups is 19. The zero-order valence-electron chi connectivity index (χ0n) is 82.4. The van der Waals surface area contributed by atoms with Crippen LogP contribution < -0.4 is 39.9 Å². The van der Waals surface area contributed by atoms with Crippen LogP contribution in [-0.4, -0.2) is 351 Å². The number of pyridine rings is 2. The largest absolute Gasteiger partial charge is 0.536 e. The lowest BCUT2D eigenvalue weighted by atomic mass is 9.64. The van der Waals surface area contributed by atoms with E-state index < -0.39 is 201 Å². The molecule has 4 aromatic carbocycles. The van der Waals surface area contributed by atoms with Crippen molar-refractivity contribution in [3.05, 3.63) is 170 Å². The molecule has 8 aliphatic rings. The van der Waals surface area contributed by atoms with Crippen LogP contribution in [0.15, 0.2) is 97.3 Å². The number of aryl methyl sites for hydroxylation is 4. The number of alkyl halides is 2. The molecular formula is C96H114B4ClFN14O32. The van der Waals surface area contributed by atoms with Crippen LogP contribution in [0.4, 0.5) is 23.6 Å². The maximum absolute atomic E-state index is 13.5. The standard InChI is InChI=1S/C25H27BN4O9.C25H29BN4O6.C24H31BClN3O8.C22H27BFN3O9/c1-3-29-8-9-30(23(34)22(29)33)25(37)28-20(17-7-6-16(31)12-27-17)18(32)11-15-10-14-5-4-13(2)19(24(35)36)21(14)39-26(15)38;1-4-29-10-11-30(24(33)23(29)32)25(34)28-21(19-9-8-15(2)14-27-19)20(31)13-18-12-17-7-5-6-16(3)22(17)36-26(18)35;1-3-28-9-10-29(23(34)22(28)33)24(35)27-20(18(26)8-5-11-30)19(32)13-16-12-15-6-4-7-17(14(2)31)21(15)37-25(16)36;1-11-3-4-13-9-14(23(35)36-18(13)16(11)21(32)33)10-15(29)17(12(2)28)25-22(34)27-8-7-26(6-5-24)19(30)20(27)31/h4-7,12,15,20,31,38H,3,8-11H2,1-2H3,(H,28,37)(H,35,36);5-9,14,18,21,35H,4,10-13H2,1-3H3,(H,28,34);4,6-7,16,18,20,30,36H,3,5,8-13H2,1-2H3,(H,27,35);3-4,12,14,17,28,35H,5-10H2,1-2H3,(H,25,34)(H,32,33)/t15-,20?;18-,21?;16-,18?,20?;12-,14-,17?/m1111/s1. The van der Waals surface area contributed by atoms with Gasteiger partial charge in [0.2, 0.25) is 0 Å². The average Bonchev–Trinajstić information content (AvgIpc) is 0.783. The number of ketones is 5. The van der Waals surface area contributed by atoms with E-state index >= 15 is 0 Å². The molecule has 6 aromatic rings. The quantitative estimate of drug-likeness (QED) is 0.0129. The molecule has 14 rings (SSSR count). The van der Waals surface area contributed by atoms with Crippen LogP contribution in [0, 0.1) is 27.7 Å². The van der Waals surface area contributed by atoms with Crippen molar-refractivity contribution in [2.24, 2.45) is 0 Å². The first-order valence-electron chi connectivity index (χ1n) is 47.9. The van der Waals surface area contributed by atoms with Gasteiger partial charge in [-0.05, 0) is 170 Å². The molecular weight excluding hydrogens is 1960 g/mol. The number of hydrogen-bond donors (Lipinski definition) is 13. The van der Waals surface area contributed by atoms with E-state index in [1.54, 1.807) is 95.4 Å². The first-order valence-corrected chi connectivity index (χ1v) is 48.3. The predicted octanol–water partition coefficient (Wildman–Crippen LogP) is 2.59. The molecule has 0 saturated carbocycles. The molecule has 4 fully saturated rings. The number of Topliss-reactive ketones (excluding diaryl/α,β-unsaturated/α-hetero) is 5. The second-order valence-electron chi connectivity index (χ2n) is 36.5. The molecule has 10 atom stereocenters. The molecule has 2 aromatic heterocycles. The zero-order valence-corrected chi connectivity index (χ0v) is 83.2. The molecule has 16 amide bonds. The van der Waals surface area contributed by atoms with Crippen LogP contribution in [0.2, 0.25) is 23.3 Å². The summed E-state index contributed by atoms with van der Waals surface area (Å²) >= 11 is 6.45. The number of aromatic nitrogens is 2. The summed E-state index contributed by atoms with van der Waals surface area (Å²) in [5, 5.41) is 99.2. The van der Waals surface area contributed by atoms with Crippen molar-refractivity contribution in [1.29, 1.82) is 0 Å². The highest BCUT2D eigenvalue weighted by molar-refractivity contribution is 6.49. The van der Waals surface area contributed by atoms with Crippen molar-refractivity contribution in [2.45, 2.75) is 185 Å². The third-order valence-electron chi connectivity index (χ3n) is 26.4. The van der Waals surface area contributed by atoms with Crippen molar-refractivity contribution in [1.82, 2.24) is 70.4 Å². The molecule has 13 N–H and O–H groups in total. The number of piperazine rings is 4. The highest BCUT2D eigenvalue weighted by atomic mass is 35.5. The number of aromatic hydroxyl groups is 1. The Bertz CT molecular complexity index is 6120. The Labute approximate surface area is 854 Å². The maximum atomic E-state index is 13.5. The van der Waals surface area contributed by atoms with Gasteiger partial charge in [0.1, 0.15) is 70.7 Å². The number of benzene rings is 4. The van der Waals surface area contributed by atoms with E-state index in [0.29, 0.717) is 75.8 Å². The highest BCUT2D eigenvalue weighted by Crippen LogP contribution is 2.43.